The van der Waals surface area contributed by atoms with Crippen molar-refractivity contribution in [3.05, 3.63) is 28.2 Å². The molecule has 0 aliphatic carbocycles. The largest absolute Gasteiger partial charge is 0.346 e. The first-order valence-corrected chi connectivity index (χ1v) is 5.85. The van der Waals surface area contributed by atoms with Crippen molar-refractivity contribution < 1.29 is 9.59 Å². The Kier molecular flexibility index (Phi) is 5.11. The van der Waals surface area contributed by atoms with E-state index in [1.54, 1.807) is 12.1 Å². The molecule has 1 aromatic carbocycles. The van der Waals surface area contributed by atoms with E-state index in [1.165, 1.54) is 0 Å². The molecular weight excluding hydrogens is 286 g/mol. The maximum absolute atomic E-state index is 11.4. The fourth-order valence-electron chi connectivity index (χ4n) is 1.13. The molecule has 4 N–H and O–H groups in total. The van der Waals surface area contributed by atoms with Crippen LogP contribution in [0.2, 0.25) is 0 Å². The fraction of sp³-hybridized carbons (Fsp3) is 0.273. The Labute approximate surface area is 108 Å². The highest BCUT2D eigenvalue weighted by atomic mass is 79.9. The Hall–Kier alpha value is -1.40. The van der Waals surface area contributed by atoms with Crippen LogP contribution in [0.5, 0.6) is 0 Å². The average molecular weight is 300 g/mol. The van der Waals surface area contributed by atoms with Crippen molar-refractivity contribution in [2.45, 2.75) is 6.92 Å². The minimum atomic E-state index is -0.356. The van der Waals surface area contributed by atoms with Gasteiger partial charge >= 0.3 is 0 Å². The summed E-state index contributed by atoms with van der Waals surface area (Å²) in [6.07, 6.45) is 0. The van der Waals surface area contributed by atoms with Gasteiger partial charge in [0.2, 0.25) is 11.8 Å². The Morgan fingerprint density at radius 1 is 1.35 bits per heavy atom. The number of hydrogen-bond donors (Lipinski definition) is 3. The minimum absolute atomic E-state index is 0.0818. The third-order valence-corrected chi connectivity index (χ3v) is 2.94. The molecule has 0 aromatic heterocycles. The molecule has 6 heteroatoms. The van der Waals surface area contributed by atoms with E-state index in [9.17, 15) is 9.59 Å². The van der Waals surface area contributed by atoms with Crippen molar-refractivity contribution in [2.24, 2.45) is 5.73 Å². The van der Waals surface area contributed by atoms with Crippen molar-refractivity contribution >= 4 is 33.4 Å². The van der Waals surface area contributed by atoms with Crippen LogP contribution in [-0.4, -0.2) is 24.9 Å². The molecule has 17 heavy (non-hydrogen) atoms. The van der Waals surface area contributed by atoms with Crippen LogP contribution in [0.3, 0.4) is 0 Å². The van der Waals surface area contributed by atoms with E-state index in [2.05, 4.69) is 26.6 Å². The molecule has 5 nitrogen and oxygen atoms in total. The van der Waals surface area contributed by atoms with Gasteiger partial charge in [0.1, 0.15) is 0 Å². The second-order valence-corrected chi connectivity index (χ2v) is 4.35. The lowest BCUT2D eigenvalue weighted by Crippen LogP contribution is -2.36. The van der Waals surface area contributed by atoms with E-state index in [0.29, 0.717) is 5.69 Å². The summed E-state index contributed by atoms with van der Waals surface area (Å²) in [6.45, 7) is 1.75. The maximum atomic E-state index is 11.4. The normalized spacial score (nSPS) is 9.82. The molecule has 0 heterocycles. The number of amides is 2. The third-order valence-electron chi connectivity index (χ3n) is 2.09. The molecule has 0 fully saturated rings. The summed E-state index contributed by atoms with van der Waals surface area (Å²) in [4.78, 5) is 22.3. The number of benzene rings is 1. The average Bonchev–Trinajstić information content (AvgIpc) is 2.31. The van der Waals surface area contributed by atoms with Crippen LogP contribution in [-0.2, 0) is 9.59 Å². The van der Waals surface area contributed by atoms with E-state index in [-0.39, 0.29) is 24.9 Å². The fourth-order valence-corrected chi connectivity index (χ4v) is 1.51. The topological polar surface area (TPSA) is 84.2 Å². The summed E-state index contributed by atoms with van der Waals surface area (Å²) in [6, 6.07) is 5.49. The van der Waals surface area contributed by atoms with E-state index >= 15 is 0 Å². The predicted molar refractivity (Wildman–Crippen MR) is 69.6 cm³/mol. The van der Waals surface area contributed by atoms with Crippen LogP contribution < -0.4 is 16.4 Å². The van der Waals surface area contributed by atoms with Crippen molar-refractivity contribution in [2.75, 3.05) is 18.4 Å². The first-order chi connectivity index (χ1) is 8.02. The minimum Gasteiger partial charge on any atom is -0.346 e. The Balaban J connectivity index is 2.50. The first-order valence-electron chi connectivity index (χ1n) is 5.05. The van der Waals surface area contributed by atoms with Gasteiger partial charge in [-0.3, -0.25) is 9.59 Å². The molecule has 2 amide bonds. The molecular formula is C11H14BrN3O2. The van der Waals surface area contributed by atoms with E-state index in [4.69, 9.17) is 5.73 Å². The first kappa shape index (κ1) is 13.7. The molecule has 0 saturated heterocycles. The maximum Gasteiger partial charge on any atom is 0.243 e. The molecule has 0 aliphatic rings. The number of carbonyl (C=O) groups is 2. The van der Waals surface area contributed by atoms with Gasteiger partial charge in [0.25, 0.3) is 0 Å². The summed E-state index contributed by atoms with van der Waals surface area (Å²) >= 11 is 3.37. The molecule has 0 saturated carbocycles. The van der Waals surface area contributed by atoms with Crippen LogP contribution in [0.4, 0.5) is 5.69 Å². The molecule has 0 bridgehead atoms. The molecule has 0 unspecified atom stereocenters. The van der Waals surface area contributed by atoms with Crippen LogP contribution >= 0.6 is 15.9 Å². The second kappa shape index (κ2) is 6.36. The standard InChI is InChI=1S/C11H14BrN3O2/c1-7-2-3-8(4-9(7)12)15-11(17)6-14-10(16)5-13/h2-4H,5-6,13H2,1H3,(H,14,16)(H,15,17). The van der Waals surface area contributed by atoms with Gasteiger partial charge in [0, 0.05) is 10.2 Å². The molecule has 0 spiro atoms. The van der Waals surface area contributed by atoms with E-state index < -0.39 is 0 Å². The van der Waals surface area contributed by atoms with Crippen LogP contribution in [0.1, 0.15) is 5.56 Å². The molecule has 0 radical (unpaired) electrons. The zero-order chi connectivity index (χ0) is 12.8. The summed E-state index contributed by atoms with van der Waals surface area (Å²) in [7, 11) is 0. The number of carbonyl (C=O) groups excluding carboxylic acids is 2. The summed E-state index contributed by atoms with van der Waals surface area (Å²) in [5, 5.41) is 5.06. The number of anilines is 1. The quantitative estimate of drug-likeness (QED) is 0.768. The number of nitrogens with two attached hydrogens (primary N) is 1. The number of halogens is 1. The highest BCUT2D eigenvalue weighted by molar-refractivity contribution is 9.10. The van der Waals surface area contributed by atoms with Crippen molar-refractivity contribution in [3.8, 4) is 0 Å². The predicted octanol–water partition coefficient (Wildman–Crippen LogP) is 0.771. The SMILES string of the molecule is Cc1ccc(NC(=O)CNC(=O)CN)cc1Br. The Morgan fingerprint density at radius 3 is 2.65 bits per heavy atom. The van der Waals surface area contributed by atoms with E-state index in [0.717, 1.165) is 10.0 Å². The van der Waals surface area contributed by atoms with Crippen molar-refractivity contribution in [1.29, 1.82) is 0 Å². The van der Waals surface area contributed by atoms with Crippen LogP contribution in [0.25, 0.3) is 0 Å². The molecule has 0 aliphatic heterocycles. The van der Waals surface area contributed by atoms with Gasteiger partial charge in [0.05, 0.1) is 13.1 Å². The van der Waals surface area contributed by atoms with Gasteiger partial charge in [-0.1, -0.05) is 22.0 Å². The van der Waals surface area contributed by atoms with Gasteiger partial charge in [-0.15, -0.1) is 0 Å². The van der Waals surface area contributed by atoms with E-state index in [1.807, 2.05) is 13.0 Å². The third kappa shape index (κ3) is 4.54. The smallest absolute Gasteiger partial charge is 0.243 e. The summed E-state index contributed by atoms with van der Waals surface area (Å²) in [5.74, 6) is -0.646. The Morgan fingerprint density at radius 2 is 2.06 bits per heavy atom. The number of hydrogen-bond acceptors (Lipinski definition) is 3. The van der Waals surface area contributed by atoms with Gasteiger partial charge in [0.15, 0.2) is 0 Å². The van der Waals surface area contributed by atoms with Crippen LogP contribution in [0.15, 0.2) is 22.7 Å². The lowest BCUT2D eigenvalue weighted by Gasteiger charge is -2.07. The lowest BCUT2D eigenvalue weighted by atomic mass is 10.2. The Bertz CT molecular complexity index is 435. The monoisotopic (exact) mass is 299 g/mol. The zero-order valence-electron chi connectivity index (χ0n) is 9.42. The molecule has 0 atom stereocenters. The van der Waals surface area contributed by atoms with Crippen molar-refractivity contribution in [1.82, 2.24) is 5.32 Å². The summed E-state index contributed by atoms with van der Waals surface area (Å²) in [5.41, 5.74) is 6.86. The highest BCUT2D eigenvalue weighted by Gasteiger charge is 2.05. The van der Waals surface area contributed by atoms with Crippen LogP contribution in [0, 0.1) is 6.92 Å². The van der Waals surface area contributed by atoms with Gasteiger partial charge in [-0.25, -0.2) is 0 Å². The highest BCUT2D eigenvalue weighted by Crippen LogP contribution is 2.20. The molecule has 1 rings (SSSR count). The molecule has 1 aromatic rings. The number of aryl methyl sites for hydroxylation is 1. The number of rotatable bonds is 4. The molecule has 92 valence electrons. The summed E-state index contributed by atoms with van der Waals surface area (Å²) < 4.78 is 0.918. The zero-order valence-corrected chi connectivity index (χ0v) is 11.0. The van der Waals surface area contributed by atoms with Gasteiger partial charge in [-0.2, -0.15) is 0 Å². The van der Waals surface area contributed by atoms with Crippen molar-refractivity contribution in [3.63, 3.8) is 0 Å². The van der Waals surface area contributed by atoms with Gasteiger partial charge in [-0.05, 0) is 24.6 Å². The van der Waals surface area contributed by atoms with Gasteiger partial charge < -0.3 is 16.4 Å². The second-order valence-electron chi connectivity index (χ2n) is 3.49. The number of nitrogens with one attached hydrogen (secondary N) is 2. The lowest BCUT2D eigenvalue weighted by molar-refractivity contribution is -0.123.